The van der Waals surface area contributed by atoms with Crippen LogP contribution in [0.4, 0.5) is 0 Å². The standard InChI is InChI=1S/C45H40O11/c1-12-41(46)52-37-25-34(19-15-32-17-21-36(54-43(48)27(5)6)40(23-32)56-45(50)29(9)10)38(53-42(47)13-2)24-33(37)18-14-31-16-20-35(51-30(11)26(3)4)39(22-31)55-44(49)28(7)8/h12-25H,1-3,5,7,9,11H2,4,6,8,10H3/b18-14+,19-15+. The first-order valence-electron chi connectivity index (χ1n) is 16.6. The molecule has 0 saturated heterocycles. The second kappa shape index (κ2) is 19.5. The first-order chi connectivity index (χ1) is 26.4. The summed E-state index contributed by atoms with van der Waals surface area (Å²) in [6, 6.07) is 12.1. The van der Waals surface area contributed by atoms with Crippen LogP contribution in [0.2, 0.25) is 0 Å². The van der Waals surface area contributed by atoms with Crippen molar-refractivity contribution in [3.63, 3.8) is 0 Å². The Morgan fingerprint density at radius 1 is 0.429 bits per heavy atom. The first-order valence-corrected chi connectivity index (χ1v) is 16.6. The maximum absolute atomic E-state index is 12.5. The van der Waals surface area contributed by atoms with E-state index in [1.807, 2.05) is 0 Å². The second-order valence-corrected chi connectivity index (χ2v) is 12.1. The quantitative estimate of drug-likeness (QED) is 0.0325. The molecule has 0 aliphatic heterocycles. The monoisotopic (exact) mass is 756 g/mol. The molecule has 3 rings (SSSR count). The van der Waals surface area contributed by atoms with Gasteiger partial charge in [-0.05, 0) is 80.8 Å². The highest BCUT2D eigenvalue weighted by Gasteiger charge is 2.18. The number of rotatable bonds is 17. The summed E-state index contributed by atoms with van der Waals surface area (Å²) in [4.78, 5) is 62.0. The minimum absolute atomic E-state index is 0.0410. The van der Waals surface area contributed by atoms with Gasteiger partial charge in [-0.25, -0.2) is 24.0 Å². The fourth-order valence-electron chi connectivity index (χ4n) is 4.07. The average Bonchev–Trinajstić information content (AvgIpc) is 3.15. The summed E-state index contributed by atoms with van der Waals surface area (Å²) in [5, 5.41) is 0. The van der Waals surface area contributed by atoms with Gasteiger partial charge in [0.25, 0.3) is 0 Å². The summed E-state index contributed by atoms with van der Waals surface area (Å²) in [6.07, 6.45) is 8.28. The number of allylic oxidation sites excluding steroid dienone is 1. The lowest BCUT2D eigenvalue weighted by Gasteiger charge is -2.14. The Morgan fingerprint density at radius 3 is 1.12 bits per heavy atom. The summed E-state index contributed by atoms with van der Waals surface area (Å²) in [7, 11) is 0. The minimum atomic E-state index is -0.779. The number of ether oxygens (including phenoxy) is 6. The Morgan fingerprint density at radius 2 is 0.786 bits per heavy atom. The fraction of sp³-hybridized carbons (Fsp3) is 0.0889. The van der Waals surface area contributed by atoms with Gasteiger partial charge in [0.15, 0.2) is 23.0 Å². The molecule has 0 radical (unpaired) electrons. The number of benzene rings is 3. The first kappa shape index (κ1) is 42.9. The highest BCUT2D eigenvalue weighted by molar-refractivity contribution is 5.92. The Bertz CT molecular complexity index is 2100. The Hall–Kier alpha value is -7.53. The van der Waals surface area contributed by atoms with E-state index in [0.717, 1.165) is 12.2 Å². The molecule has 0 spiro atoms. The summed E-state index contributed by atoms with van der Waals surface area (Å²) in [5.74, 6) is -3.21. The Labute approximate surface area is 325 Å². The number of esters is 5. The van der Waals surface area contributed by atoms with Crippen molar-refractivity contribution in [1.82, 2.24) is 0 Å². The lowest BCUT2D eigenvalue weighted by atomic mass is 10.0. The number of carbonyl (C=O) groups is 5. The van der Waals surface area contributed by atoms with Crippen molar-refractivity contribution in [2.75, 3.05) is 0 Å². The van der Waals surface area contributed by atoms with Crippen LogP contribution < -0.4 is 28.4 Å². The highest BCUT2D eigenvalue weighted by Crippen LogP contribution is 2.36. The molecule has 0 N–H and O–H groups in total. The van der Waals surface area contributed by atoms with Gasteiger partial charge in [-0.15, -0.1) is 0 Å². The van der Waals surface area contributed by atoms with Crippen LogP contribution in [0.1, 0.15) is 49.9 Å². The maximum atomic E-state index is 12.5. The summed E-state index contributed by atoms with van der Waals surface area (Å²) < 4.78 is 33.2. The topological polar surface area (TPSA) is 141 Å². The van der Waals surface area contributed by atoms with Crippen LogP contribution in [0.5, 0.6) is 34.5 Å². The van der Waals surface area contributed by atoms with Crippen LogP contribution in [-0.4, -0.2) is 29.8 Å². The van der Waals surface area contributed by atoms with Crippen molar-refractivity contribution in [3.8, 4) is 34.5 Å². The summed E-state index contributed by atoms with van der Waals surface area (Å²) in [5.41, 5.74) is 2.50. The van der Waals surface area contributed by atoms with Gasteiger partial charge in [-0.3, -0.25) is 0 Å². The van der Waals surface area contributed by atoms with E-state index in [9.17, 15) is 24.0 Å². The molecular weight excluding hydrogens is 716 g/mol. The smallest absolute Gasteiger partial charge is 0.338 e. The van der Waals surface area contributed by atoms with Crippen molar-refractivity contribution < 1.29 is 52.4 Å². The van der Waals surface area contributed by atoms with Gasteiger partial charge in [0, 0.05) is 40.0 Å². The van der Waals surface area contributed by atoms with Crippen molar-refractivity contribution in [1.29, 1.82) is 0 Å². The van der Waals surface area contributed by atoms with Crippen LogP contribution in [-0.2, 0) is 24.0 Å². The maximum Gasteiger partial charge on any atom is 0.338 e. The molecule has 0 heterocycles. The molecule has 286 valence electrons. The van der Waals surface area contributed by atoms with Gasteiger partial charge < -0.3 is 28.4 Å². The molecule has 3 aromatic carbocycles. The van der Waals surface area contributed by atoms with Crippen LogP contribution >= 0.6 is 0 Å². The molecule has 0 aliphatic rings. The molecule has 0 saturated carbocycles. The van der Waals surface area contributed by atoms with Crippen molar-refractivity contribution >= 4 is 54.2 Å². The van der Waals surface area contributed by atoms with Crippen molar-refractivity contribution in [2.45, 2.75) is 27.7 Å². The van der Waals surface area contributed by atoms with Crippen molar-refractivity contribution in [3.05, 3.63) is 157 Å². The third-order valence-corrected chi connectivity index (χ3v) is 7.11. The fourth-order valence-corrected chi connectivity index (χ4v) is 4.07. The lowest BCUT2D eigenvalue weighted by Crippen LogP contribution is -2.12. The SMILES string of the molecule is C=CC(=O)Oc1cc(/C=C/c2ccc(OC(=O)C(=C)C)c(OC(=O)C(=C)C)c2)c(OC(=O)C=C)cc1/C=C/c1ccc(OC(=C)C(=C)C)c(OC(=O)C(=C)C)c1. The van der Waals surface area contributed by atoms with Crippen molar-refractivity contribution in [2.24, 2.45) is 0 Å². The van der Waals surface area contributed by atoms with E-state index >= 15 is 0 Å². The van der Waals surface area contributed by atoms with Gasteiger partial charge in [-0.2, -0.15) is 0 Å². The second-order valence-electron chi connectivity index (χ2n) is 12.1. The number of hydrogen-bond donors (Lipinski definition) is 0. The van der Waals surface area contributed by atoms with E-state index in [-0.39, 0.29) is 62.5 Å². The van der Waals surface area contributed by atoms with Gasteiger partial charge in [0.05, 0.1) is 0 Å². The Kier molecular flexibility index (Phi) is 14.9. The van der Waals surface area contributed by atoms with Gasteiger partial charge in [-0.1, -0.05) is 82.5 Å². The molecule has 56 heavy (non-hydrogen) atoms. The highest BCUT2D eigenvalue weighted by atomic mass is 16.6. The van der Waals surface area contributed by atoms with Gasteiger partial charge >= 0.3 is 29.8 Å². The lowest BCUT2D eigenvalue weighted by molar-refractivity contribution is -0.132. The van der Waals surface area contributed by atoms with E-state index in [1.165, 1.54) is 51.1 Å². The number of carbonyl (C=O) groups excluding carboxylic acids is 5. The molecule has 0 aliphatic carbocycles. The zero-order valence-corrected chi connectivity index (χ0v) is 31.5. The van der Waals surface area contributed by atoms with Crippen LogP contribution in [0.15, 0.2) is 135 Å². The molecule has 0 unspecified atom stereocenters. The molecule has 0 fully saturated rings. The molecule has 0 aromatic heterocycles. The molecule has 11 nitrogen and oxygen atoms in total. The van der Waals surface area contributed by atoms with E-state index in [2.05, 4.69) is 46.1 Å². The van der Waals surface area contributed by atoms with E-state index in [1.54, 1.807) is 49.4 Å². The molecule has 0 atom stereocenters. The Balaban J connectivity index is 2.16. The van der Waals surface area contributed by atoms with Crippen LogP contribution in [0.3, 0.4) is 0 Å². The molecule has 0 amide bonds. The molecule has 3 aromatic rings. The van der Waals surface area contributed by atoms with Crippen LogP contribution in [0.25, 0.3) is 24.3 Å². The molecule has 0 bridgehead atoms. The van der Waals surface area contributed by atoms with E-state index < -0.39 is 29.8 Å². The van der Waals surface area contributed by atoms with E-state index in [4.69, 9.17) is 28.4 Å². The molecule has 11 heteroatoms. The number of hydrogen-bond acceptors (Lipinski definition) is 11. The zero-order chi connectivity index (χ0) is 41.7. The van der Waals surface area contributed by atoms with E-state index in [0.29, 0.717) is 22.3 Å². The summed E-state index contributed by atoms with van der Waals surface area (Å²) >= 11 is 0. The van der Waals surface area contributed by atoms with Gasteiger partial charge in [0.1, 0.15) is 17.3 Å². The third-order valence-electron chi connectivity index (χ3n) is 7.11. The normalized spacial score (nSPS) is 10.5. The molecular formula is C45H40O11. The predicted octanol–water partition coefficient (Wildman–Crippen LogP) is 9.12. The third kappa shape index (κ3) is 12.3. The zero-order valence-electron chi connectivity index (χ0n) is 31.5. The predicted molar refractivity (Wildman–Crippen MR) is 215 cm³/mol. The average molecular weight is 757 g/mol. The largest absolute Gasteiger partial charge is 0.454 e. The summed E-state index contributed by atoms with van der Waals surface area (Å²) in [6.45, 7) is 31.5. The van der Waals surface area contributed by atoms with Gasteiger partial charge in [0.2, 0.25) is 0 Å². The van der Waals surface area contributed by atoms with Crippen LogP contribution in [0, 0.1) is 0 Å². The minimum Gasteiger partial charge on any atom is -0.454 e.